The van der Waals surface area contributed by atoms with E-state index in [-0.39, 0.29) is 5.41 Å². The van der Waals surface area contributed by atoms with Gasteiger partial charge >= 0.3 is 0 Å². The second kappa shape index (κ2) is 5.60. The topological polar surface area (TPSA) is 9.23 Å². The SMILES string of the molecule is CC(C)(CS)COc1c(Br)cccc1Br. The molecular weight excluding hydrogens is 340 g/mol. The van der Waals surface area contributed by atoms with Crippen LogP contribution in [0.1, 0.15) is 13.8 Å². The predicted molar refractivity (Wildman–Crippen MR) is 75.0 cm³/mol. The van der Waals surface area contributed by atoms with Gasteiger partial charge in [0, 0.05) is 5.41 Å². The number of benzene rings is 1. The first kappa shape index (κ1) is 13.4. The number of hydrogen-bond donors (Lipinski definition) is 1. The van der Waals surface area contributed by atoms with Crippen LogP contribution in [0.15, 0.2) is 27.1 Å². The van der Waals surface area contributed by atoms with Gasteiger partial charge < -0.3 is 4.74 Å². The maximum atomic E-state index is 5.78. The molecule has 0 spiro atoms. The van der Waals surface area contributed by atoms with Gasteiger partial charge in [-0.1, -0.05) is 19.9 Å². The van der Waals surface area contributed by atoms with Crippen molar-refractivity contribution in [2.45, 2.75) is 13.8 Å². The highest BCUT2D eigenvalue weighted by atomic mass is 79.9. The van der Waals surface area contributed by atoms with E-state index in [0.29, 0.717) is 6.61 Å². The molecule has 0 atom stereocenters. The van der Waals surface area contributed by atoms with Gasteiger partial charge in [-0.05, 0) is 49.7 Å². The third kappa shape index (κ3) is 4.00. The molecule has 0 fully saturated rings. The van der Waals surface area contributed by atoms with Gasteiger partial charge in [0.05, 0.1) is 15.6 Å². The second-order valence-electron chi connectivity index (χ2n) is 4.16. The number of halogens is 2. The van der Waals surface area contributed by atoms with Crippen molar-refractivity contribution in [1.82, 2.24) is 0 Å². The van der Waals surface area contributed by atoms with Gasteiger partial charge in [0.2, 0.25) is 0 Å². The molecule has 0 aromatic heterocycles. The summed E-state index contributed by atoms with van der Waals surface area (Å²) in [6.07, 6.45) is 0. The highest BCUT2D eigenvalue weighted by Crippen LogP contribution is 2.34. The molecule has 1 aromatic rings. The summed E-state index contributed by atoms with van der Waals surface area (Å²) in [7, 11) is 0. The minimum absolute atomic E-state index is 0.0812. The average molecular weight is 354 g/mol. The van der Waals surface area contributed by atoms with Crippen LogP contribution in [-0.4, -0.2) is 12.4 Å². The molecule has 0 bridgehead atoms. The van der Waals surface area contributed by atoms with Crippen LogP contribution < -0.4 is 4.74 Å². The second-order valence-corrected chi connectivity index (χ2v) is 6.19. The summed E-state index contributed by atoms with van der Waals surface area (Å²) in [6, 6.07) is 5.90. The monoisotopic (exact) mass is 352 g/mol. The minimum Gasteiger partial charge on any atom is -0.491 e. The molecule has 0 saturated heterocycles. The smallest absolute Gasteiger partial charge is 0.147 e. The standard InChI is InChI=1S/C11H14Br2OS/c1-11(2,7-15)6-14-10-8(12)4-3-5-9(10)13/h3-5,15H,6-7H2,1-2H3. The van der Waals surface area contributed by atoms with Crippen LogP contribution in [0.3, 0.4) is 0 Å². The Morgan fingerprint density at radius 1 is 1.27 bits per heavy atom. The van der Waals surface area contributed by atoms with E-state index in [9.17, 15) is 0 Å². The zero-order valence-corrected chi connectivity index (χ0v) is 12.8. The van der Waals surface area contributed by atoms with Crippen molar-refractivity contribution in [3.05, 3.63) is 27.1 Å². The van der Waals surface area contributed by atoms with E-state index >= 15 is 0 Å². The Hall–Kier alpha value is 0.330. The van der Waals surface area contributed by atoms with Crippen LogP contribution in [0.4, 0.5) is 0 Å². The maximum Gasteiger partial charge on any atom is 0.147 e. The first-order valence-corrected chi connectivity index (χ1v) is 6.86. The lowest BCUT2D eigenvalue weighted by Crippen LogP contribution is -2.23. The fourth-order valence-corrected chi connectivity index (χ4v) is 2.25. The maximum absolute atomic E-state index is 5.78. The van der Waals surface area contributed by atoms with Crippen molar-refractivity contribution >= 4 is 44.5 Å². The third-order valence-electron chi connectivity index (χ3n) is 1.95. The van der Waals surface area contributed by atoms with Crippen LogP contribution in [-0.2, 0) is 0 Å². The Labute approximate surface area is 113 Å². The molecule has 0 aliphatic rings. The lowest BCUT2D eigenvalue weighted by molar-refractivity contribution is 0.200. The molecule has 1 rings (SSSR count). The summed E-state index contributed by atoms with van der Waals surface area (Å²) in [5, 5.41) is 0. The molecular formula is C11H14Br2OS. The highest BCUT2D eigenvalue weighted by molar-refractivity contribution is 9.11. The van der Waals surface area contributed by atoms with Crippen LogP contribution in [0.5, 0.6) is 5.75 Å². The summed E-state index contributed by atoms with van der Waals surface area (Å²) in [4.78, 5) is 0. The summed E-state index contributed by atoms with van der Waals surface area (Å²) in [5.41, 5.74) is 0.0812. The first-order valence-electron chi connectivity index (χ1n) is 4.64. The molecule has 0 aliphatic heterocycles. The van der Waals surface area contributed by atoms with Crippen LogP contribution >= 0.6 is 44.5 Å². The summed E-state index contributed by atoms with van der Waals surface area (Å²) in [6.45, 7) is 4.91. The Morgan fingerprint density at radius 3 is 2.27 bits per heavy atom. The van der Waals surface area contributed by atoms with Gasteiger partial charge in [-0.2, -0.15) is 12.6 Å². The van der Waals surface area contributed by atoms with Crippen LogP contribution in [0.25, 0.3) is 0 Å². The molecule has 0 radical (unpaired) electrons. The van der Waals surface area contributed by atoms with Gasteiger partial charge in [-0.25, -0.2) is 0 Å². The molecule has 0 N–H and O–H groups in total. The fraction of sp³-hybridized carbons (Fsp3) is 0.455. The van der Waals surface area contributed by atoms with Crippen LogP contribution in [0.2, 0.25) is 0 Å². The Bertz CT molecular complexity index is 319. The highest BCUT2D eigenvalue weighted by Gasteiger charge is 2.18. The predicted octanol–water partition coefficient (Wildman–Crippen LogP) is 4.55. The van der Waals surface area contributed by atoms with E-state index in [1.165, 1.54) is 0 Å². The zero-order valence-electron chi connectivity index (χ0n) is 8.76. The largest absolute Gasteiger partial charge is 0.491 e. The van der Waals surface area contributed by atoms with E-state index in [4.69, 9.17) is 4.74 Å². The number of rotatable bonds is 4. The molecule has 1 nitrogen and oxygen atoms in total. The van der Waals surface area contributed by atoms with Gasteiger partial charge in [0.1, 0.15) is 5.75 Å². The Balaban J connectivity index is 2.73. The third-order valence-corrected chi connectivity index (χ3v) is 4.06. The average Bonchev–Trinajstić information content (AvgIpc) is 2.17. The zero-order chi connectivity index (χ0) is 11.5. The van der Waals surface area contributed by atoms with Gasteiger partial charge in [0.15, 0.2) is 0 Å². The molecule has 15 heavy (non-hydrogen) atoms. The molecule has 0 amide bonds. The quantitative estimate of drug-likeness (QED) is 0.781. The van der Waals surface area contributed by atoms with Gasteiger partial charge in [0.25, 0.3) is 0 Å². The van der Waals surface area contributed by atoms with E-state index in [2.05, 4.69) is 58.3 Å². The Morgan fingerprint density at radius 2 is 1.80 bits per heavy atom. The minimum atomic E-state index is 0.0812. The molecule has 0 unspecified atom stereocenters. The summed E-state index contributed by atoms with van der Waals surface area (Å²) >= 11 is 11.2. The van der Waals surface area contributed by atoms with Crippen molar-refractivity contribution < 1.29 is 4.74 Å². The number of thiol groups is 1. The summed E-state index contributed by atoms with van der Waals surface area (Å²) in [5.74, 6) is 1.65. The summed E-state index contributed by atoms with van der Waals surface area (Å²) < 4.78 is 7.71. The molecule has 84 valence electrons. The van der Waals surface area contributed by atoms with Crippen molar-refractivity contribution in [2.75, 3.05) is 12.4 Å². The molecule has 1 aromatic carbocycles. The number of ether oxygens (including phenoxy) is 1. The van der Waals surface area contributed by atoms with Crippen molar-refractivity contribution in [2.24, 2.45) is 5.41 Å². The molecule has 0 aliphatic carbocycles. The lowest BCUT2D eigenvalue weighted by atomic mass is 9.98. The van der Waals surface area contributed by atoms with Gasteiger partial charge in [-0.15, -0.1) is 0 Å². The van der Waals surface area contributed by atoms with Crippen molar-refractivity contribution in [3.63, 3.8) is 0 Å². The number of para-hydroxylation sites is 1. The van der Waals surface area contributed by atoms with Crippen LogP contribution in [0, 0.1) is 5.41 Å². The van der Waals surface area contributed by atoms with E-state index < -0.39 is 0 Å². The normalized spacial score (nSPS) is 11.5. The Kier molecular flexibility index (Phi) is 5.00. The molecule has 0 heterocycles. The van der Waals surface area contributed by atoms with Gasteiger partial charge in [-0.3, -0.25) is 0 Å². The number of hydrogen-bond acceptors (Lipinski definition) is 2. The van der Waals surface area contributed by atoms with E-state index in [1.807, 2.05) is 18.2 Å². The van der Waals surface area contributed by atoms with E-state index in [1.54, 1.807) is 0 Å². The lowest BCUT2D eigenvalue weighted by Gasteiger charge is -2.23. The fourth-order valence-electron chi connectivity index (χ4n) is 0.934. The van der Waals surface area contributed by atoms with E-state index in [0.717, 1.165) is 20.4 Å². The molecule has 4 heteroatoms. The molecule has 0 saturated carbocycles. The first-order chi connectivity index (χ1) is 6.96. The van der Waals surface area contributed by atoms with Crippen molar-refractivity contribution in [1.29, 1.82) is 0 Å². The van der Waals surface area contributed by atoms with Crippen molar-refractivity contribution in [3.8, 4) is 5.75 Å².